The Morgan fingerprint density at radius 1 is 1.62 bits per heavy atom. The van der Waals surface area contributed by atoms with E-state index in [0.29, 0.717) is 11.7 Å². The van der Waals surface area contributed by atoms with Gasteiger partial charge in [-0.2, -0.15) is 0 Å². The number of thiazole rings is 1. The smallest absolute Gasteiger partial charge is 0.223 e. The van der Waals surface area contributed by atoms with Crippen LogP contribution in [0.2, 0.25) is 0 Å². The highest BCUT2D eigenvalue weighted by molar-refractivity contribution is 7.13. The number of rotatable bonds is 3. The second-order valence-corrected chi connectivity index (χ2v) is 5.87. The van der Waals surface area contributed by atoms with E-state index in [4.69, 9.17) is 5.73 Å². The van der Waals surface area contributed by atoms with Gasteiger partial charge in [0.2, 0.25) is 5.91 Å². The van der Waals surface area contributed by atoms with Gasteiger partial charge < -0.3 is 11.1 Å². The molecule has 0 radical (unpaired) electrons. The number of carbonyl (C=O) groups excluding carboxylic acids is 1. The van der Waals surface area contributed by atoms with Gasteiger partial charge in [0.1, 0.15) is 0 Å². The lowest BCUT2D eigenvalue weighted by molar-refractivity contribution is -0.127. The lowest BCUT2D eigenvalue weighted by atomic mass is 9.81. The van der Waals surface area contributed by atoms with Crippen molar-refractivity contribution in [2.75, 3.05) is 5.73 Å². The molecule has 1 heterocycles. The van der Waals surface area contributed by atoms with Gasteiger partial charge in [0, 0.05) is 11.3 Å². The molecule has 1 rings (SSSR count). The summed E-state index contributed by atoms with van der Waals surface area (Å²) in [6.45, 7) is 8.55. The van der Waals surface area contributed by atoms with Gasteiger partial charge in [0.05, 0.1) is 12.2 Å². The molecule has 4 nitrogen and oxygen atoms in total. The Labute approximate surface area is 100 Å². The zero-order valence-corrected chi connectivity index (χ0v) is 11.0. The van der Waals surface area contributed by atoms with Crippen LogP contribution in [0.3, 0.4) is 0 Å². The van der Waals surface area contributed by atoms with Crippen LogP contribution >= 0.6 is 11.3 Å². The fourth-order valence-electron chi connectivity index (χ4n) is 1.13. The number of hydrogen-bond acceptors (Lipinski definition) is 4. The Kier molecular flexibility index (Phi) is 3.91. The molecule has 0 aliphatic rings. The third kappa shape index (κ3) is 3.48. The van der Waals surface area contributed by atoms with Gasteiger partial charge in [0.25, 0.3) is 0 Å². The average Bonchev–Trinajstić information content (AvgIpc) is 2.58. The molecule has 0 bridgehead atoms. The van der Waals surface area contributed by atoms with Gasteiger partial charge in [-0.05, 0) is 5.41 Å². The molecule has 1 unspecified atom stereocenters. The second-order valence-electron chi connectivity index (χ2n) is 4.98. The molecule has 1 atom stereocenters. The van der Waals surface area contributed by atoms with Gasteiger partial charge >= 0.3 is 0 Å². The molecule has 0 aliphatic carbocycles. The van der Waals surface area contributed by atoms with Crippen molar-refractivity contribution in [3.05, 3.63) is 11.1 Å². The zero-order chi connectivity index (χ0) is 12.3. The van der Waals surface area contributed by atoms with E-state index < -0.39 is 0 Å². The molecule has 0 spiro atoms. The number of amides is 1. The standard InChI is InChI=1S/C11H19N3OS/c1-7(11(2,3)4)9(15)13-5-8-6-16-10(12)14-8/h6-7H,5H2,1-4H3,(H2,12,14)(H,13,15). The summed E-state index contributed by atoms with van der Waals surface area (Å²) in [7, 11) is 0. The molecule has 0 aromatic carbocycles. The molecule has 1 amide bonds. The van der Waals surface area contributed by atoms with Crippen LogP contribution in [0.4, 0.5) is 5.13 Å². The summed E-state index contributed by atoms with van der Waals surface area (Å²) >= 11 is 1.39. The fourth-order valence-corrected chi connectivity index (χ4v) is 1.69. The second kappa shape index (κ2) is 4.82. The predicted octanol–water partition coefficient (Wildman–Crippen LogP) is 2.02. The maximum Gasteiger partial charge on any atom is 0.223 e. The molecular weight excluding hydrogens is 222 g/mol. The normalized spacial score (nSPS) is 13.5. The van der Waals surface area contributed by atoms with Crippen LogP contribution in [-0.2, 0) is 11.3 Å². The van der Waals surface area contributed by atoms with Crippen molar-refractivity contribution in [3.63, 3.8) is 0 Å². The Bertz CT molecular complexity index is 368. The van der Waals surface area contributed by atoms with Crippen LogP contribution in [0, 0.1) is 11.3 Å². The summed E-state index contributed by atoms with van der Waals surface area (Å²) in [4.78, 5) is 15.9. The van der Waals surface area contributed by atoms with Crippen LogP contribution in [0.15, 0.2) is 5.38 Å². The summed E-state index contributed by atoms with van der Waals surface area (Å²) in [5.74, 6) is 0.0301. The van der Waals surface area contributed by atoms with E-state index in [1.165, 1.54) is 11.3 Å². The van der Waals surface area contributed by atoms with E-state index in [-0.39, 0.29) is 17.2 Å². The van der Waals surface area contributed by atoms with Crippen LogP contribution in [-0.4, -0.2) is 10.9 Å². The highest BCUT2D eigenvalue weighted by atomic mass is 32.1. The SMILES string of the molecule is CC(C(=O)NCc1csc(N)n1)C(C)(C)C. The molecule has 5 heteroatoms. The number of nitrogen functional groups attached to an aromatic ring is 1. The quantitative estimate of drug-likeness (QED) is 0.850. The van der Waals surface area contributed by atoms with Gasteiger partial charge in [-0.25, -0.2) is 4.98 Å². The minimum Gasteiger partial charge on any atom is -0.375 e. The summed E-state index contributed by atoms with van der Waals surface area (Å²) in [6, 6.07) is 0. The summed E-state index contributed by atoms with van der Waals surface area (Å²) < 4.78 is 0. The van der Waals surface area contributed by atoms with Crippen molar-refractivity contribution in [2.45, 2.75) is 34.2 Å². The molecule has 16 heavy (non-hydrogen) atoms. The molecule has 90 valence electrons. The Morgan fingerprint density at radius 2 is 2.25 bits per heavy atom. The molecule has 0 aliphatic heterocycles. The van der Waals surface area contributed by atoms with E-state index in [1.54, 1.807) is 0 Å². The lowest BCUT2D eigenvalue weighted by Crippen LogP contribution is -2.35. The Balaban J connectivity index is 2.47. The molecule has 0 fully saturated rings. The summed E-state index contributed by atoms with van der Waals surface area (Å²) in [5.41, 5.74) is 6.30. The molecule has 1 aromatic heterocycles. The third-order valence-corrected chi connectivity index (χ3v) is 3.43. The van der Waals surface area contributed by atoms with Crippen molar-refractivity contribution in [1.29, 1.82) is 0 Å². The number of nitrogens with zero attached hydrogens (tertiary/aromatic N) is 1. The predicted molar refractivity (Wildman–Crippen MR) is 67.0 cm³/mol. The first-order chi connectivity index (χ1) is 7.30. The van der Waals surface area contributed by atoms with Crippen molar-refractivity contribution in [3.8, 4) is 0 Å². The monoisotopic (exact) mass is 241 g/mol. The maximum atomic E-state index is 11.8. The number of anilines is 1. The zero-order valence-electron chi connectivity index (χ0n) is 10.2. The molecule has 1 aromatic rings. The van der Waals surface area contributed by atoms with E-state index in [2.05, 4.69) is 31.1 Å². The minimum atomic E-state index is -0.0246. The highest BCUT2D eigenvalue weighted by Gasteiger charge is 2.26. The van der Waals surface area contributed by atoms with Crippen LogP contribution in [0.1, 0.15) is 33.4 Å². The van der Waals surface area contributed by atoms with Gasteiger partial charge in [0.15, 0.2) is 5.13 Å². The molecule has 0 saturated carbocycles. The molecular formula is C11H19N3OS. The highest BCUT2D eigenvalue weighted by Crippen LogP contribution is 2.25. The van der Waals surface area contributed by atoms with E-state index >= 15 is 0 Å². The Morgan fingerprint density at radius 3 is 2.69 bits per heavy atom. The van der Waals surface area contributed by atoms with E-state index in [9.17, 15) is 4.79 Å². The molecule has 3 N–H and O–H groups in total. The Hall–Kier alpha value is -1.10. The van der Waals surface area contributed by atoms with Crippen molar-refractivity contribution in [2.24, 2.45) is 11.3 Å². The van der Waals surface area contributed by atoms with Crippen molar-refractivity contribution in [1.82, 2.24) is 10.3 Å². The van der Waals surface area contributed by atoms with Crippen LogP contribution in [0.5, 0.6) is 0 Å². The van der Waals surface area contributed by atoms with Crippen molar-refractivity contribution >= 4 is 22.4 Å². The number of nitrogens with one attached hydrogen (secondary N) is 1. The fraction of sp³-hybridized carbons (Fsp3) is 0.636. The van der Waals surface area contributed by atoms with Crippen LogP contribution < -0.4 is 11.1 Å². The minimum absolute atomic E-state index is 0.0226. The summed E-state index contributed by atoms with van der Waals surface area (Å²) in [5, 5.41) is 5.26. The molecule has 0 saturated heterocycles. The first kappa shape index (κ1) is 13.0. The maximum absolute atomic E-state index is 11.8. The lowest BCUT2D eigenvalue weighted by Gasteiger charge is -2.25. The number of aromatic nitrogens is 1. The average molecular weight is 241 g/mol. The number of carbonyl (C=O) groups is 1. The first-order valence-corrected chi connectivity index (χ1v) is 6.16. The van der Waals surface area contributed by atoms with Gasteiger partial charge in [-0.15, -0.1) is 11.3 Å². The van der Waals surface area contributed by atoms with Gasteiger partial charge in [-0.3, -0.25) is 4.79 Å². The van der Waals surface area contributed by atoms with Crippen LogP contribution in [0.25, 0.3) is 0 Å². The summed E-state index contributed by atoms with van der Waals surface area (Å²) in [6.07, 6.45) is 0. The van der Waals surface area contributed by atoms with Gasteiger partial charge in [-0.1, -0.05) is 27.7 Å². The van der Waals surface area contributed by atoms with Crippen molar-refractivity contribution < 1.29 is 4.79 Å². The third-order valence-electron chi connectivity index (χ3n) is 2.71. The van der Waals surface area contributed by atoms with E-state index in [0.717, 1.165) is 5.69 Å². The number of nitrogens with two attached hydrogens (primary N) is 1. The largest absolute Gasteiger partial charge is 0.375 e. The topological polar surface area (TPSA) is 68.0 Å². The number of hydrogen-bond donors (Lipinski definition) is 2. The van der Waals surface area contributed by atoms with E-state index in [1.807, 2.05) is 12.3 Å². The first-order valence-electron chi connectivity index (χ1n) is 5.28.